The van der Waals surface area contributed by atoms with Crippen LogP contribution in [-0.2, 0) is 4.74 Å². The normalized spacial score (nSPS) is 19.6. The van der Waals surface area contributed by atoms with Crippen molar-refractivity contribution in [3.8, 4) is 0 Å². The zero-order valence-electron chi connectivity index (χ0n) is 9.71. The third kappa shape index (κ3) is 3.95. The molecule has 1 aromatic carbocycles. The molecule has 1 heterocycles. The Morgan fingerprint density at radius 3 is 3.06 bits per heavy atom. The highest BCUT2D eigenvalue weighted by atomic mass is 79.9. The number of carbonyl (C=O) groups excluding carboxylic acids is 1. The van der Waals surface area contributed by atoms with E-state index in [1.807, 2.05) is 0 Å². The molecule has 0 saturated carbocycles. The van der Waals surface area contributed by atoms with E-state index in [4.69, 9.17) is 16.3 Å². The van der Waals surface area contributed by atoms with Crippen molar-refractivity contribution >= 4 is 33.4 Å². The summed E-state index contributed by atoms with van der Waals surface area (Å²) in [6.07, 6.45) is 0. The average molecular weight is 334 g/mol. The summed E-state index contributed by atoms with van der Waals surface area (Å²) in [5.41, 5.74) is 0.547. The molecule has 0 aromatic heterocycles. The zero-order chi connectivity index (χ0) is 13.0. The van der Waals surface area contributed by atoms with Gasteiger partial charge in [0.1, 0.15) is 0 Å². The molecule has 1 amide bonds. The Hall–Kier alpha value is -0.620. The van der Waals surface area contributed by atoms with Gasteiger partial charge in [0.25, 0.3) is 5.91 Å². The Morgan fingerprint density at radius 1 is 1.56 bits per heavy atom. The molecule has 0 aliphatic carbocycles. The van der Waals surface area contributed by atoms with Crippen LogP contribution < -0.4 is 10.6 Å². The Kier molecular flexibility index (Phi) is 5.00. The molecule has 6 heteroatoms. The molecule has 1 aromatic rings. The van der Waals surface area contributed by atoms with Crippen LogP contribution in [0.15, 0.2) is 22.7 Å². The second-order valence-corrected chi connectivity index (χ2v) is 5.45. The molecule has 18 heavy (non-hydrogen) atoms. The van der Waals surface area contributed by atoms with Crippen LogP contribution in [0.1, 0.15) is 10.4 Å². The number of rotatable bonds is 3. The summed E-state index contributed by atoms with van der Waals surface area (Å²) < 4.78 is 6.11. The van der Waals surface area contributed by atoms with Crippen molar-refractivity contribution in [1.82, 2.24) is 10.6 Å². The van der Waals surface area contributed by atoms with Crippen LogP contribution in [-0.4, -0.2) is 38.3 Å². The smallest absolute Gasteiger partial charge is 0.251 e. The third-order valence-electron chi connectivity index (χ3n) is 2.63. The zero-order valence-corrected chi connectivity index (χ0v) is 12.1. The summed E-state index contributed by atoms with van der Waals surface area (Å²) in [5.74, 6) is -0.134. The van der Waals surface area contributed by atoms with Crippen molar-refractivity contribution < 1.29 is 9.53 Å². The lowest BCUT2D eigenvalue weighted by molar-refractivity contribution is 0.0734. The minimum atomic E-state index is -0.134. The van der Waals surface area contributed by atoms with Gasteiger partial charge in [0.2, 0.25) is 0 Å². The van der Waals surface area contributed by atoms with Gasteiger partial charge >= 0.3 is 0 Å². The van der Waals surface area contributed by atoms with Gasteiger partial charge in [-0.25, -0.2) is 0 Å². The SMILES string of the molecule is O=C(NCC1COCCN1)c1cc(Cl)cc(Br)c1. The number of benzene rings is 1. The van der Waals surface area contributed by atoms with E-state index in [2.05, 4.69) is 26.6 Å². The molecule has 1 atom stereocenters. The first-order valence-electron chi connectivity index (χ1n) is 5.70. The molecule has 1 unspecified atom stereocenters. The fourth-order valence-corrected chi connectivity index (χ4v) is 2.61. The number of hydrogen-bond acceptors (Lipinski definition) is 3. The minimum Gasteiger partial charge on any atom is -0.378 e. The number of carbonyl (C=O) groups is 1. The minimum absolute atomic E-state index is 0.134. The average Bonchev–Trinajstić information content (AvgIpc) is 2.36. The Balaban J connectivity index is 1.90. The first-order chi connectivity index (χ1) is 8.65. The largest absolute Gasteiger partial charge is 0.378 e. The standard InChI is InChI=1S/C12H14BrClN2O2/c13-9-3-8(4-10(14)5-9)12(17)16-6-11-7-18-2-1-15-11/h3-5,11,15H,1-2,6-7H2,(H,16,17). The van der Waals surface area contributed by atoms with Crippen LogP contribution in [0.5, 0.6) is 0 Å². The topological polar surface area (TPSA) is 50.4 Å². The summed E-state index contributed by atoms with van der Waals surface area (Å²) in [4.78, 5) is 11.9. The number of halogens is 2. The van der Waals surface area contributed by atoms with Crippen molar-refractivity contribution in [2.45, 2.75) is 6.04 Å². The highest BCUT2D eigenvalue weighted by Gasteiger charge is 2.14. The van der Waals surface area contributed by atoms with Gasteiger partial charge in [0.05, 0.1) is 13.2 Å². The van der Waals surface area contributed by atoms with Crippen LogP contribution in [0.25, 0.3) is 0 Å². The fraction of sp³-hybridized carbons (Fsp3) is 0.417. The van der Waals surface area contributed by atoms with E-state index in [1.165, 1.54) is 0 Å². The molecule has 1 fully saturated rings. The van der Waals surface area contributed by atoms with Crippen LogP contribution in [0, 0.1) is 0 Å². The predicted molar refractivity (Wildman–Crippen MR) is 74.1 cm³/mol. The van der Waals surface area contributed by atoms with Crippen LogP contribution >= 0.6 is 27.5 Å². The maximum Gasteiger partial charge on any atom is 0.251 e. The molecular formula is C12H14BrClN2O2. The van der Waals surface area contributed by atoms with Crippen molar-refractivity contribution in [1.29, 1.82) is 0 Å². The number of ether oxygens (including phenoxy) is 1. The van der Waals surface area contributed by atoms with Gasteiger partial charge in [-0.2, -0.15) is 0 Å². The van der Waals surface area contributed by atoms with E-state index in [0.29, 0.717) is 23.7 Å². The van der Waals surface area contributed by atoms with Crippen molar-refractivity contribution in [2.75, 3.05) is 26.3 Å². The summed E-state index contributed by atoms with van der Waals surface area (Å²) in [6, 6.07) is 5.30. The molecule has 4 nitrogen and oxygen atoms in total. The monoisotopic (exact) mass is 332 g/mol. The van der Waals surface area contributed by atoms with Gasteiger partial charge in [0.15, 0.2) is 0 Å². The second kappa shape index (κ2) is 6.52. The molecule has 1 saturated heterocycles. The van der Waals surface area contributed by atoms with Crippen LogP contribution in [0.4, 0.5) is 0 Å². The van der Waals surface area contributed by atoms with E-state index in [-0.39, 0.29) is 11.9 Å². The lowest BCUT2D eigenvalue weighted by Gasteiger charge is -2.23. The first kappa shape index (κ1) is 13.8. The van der Waals surface area contributed by atoms with E-state index < -0.39 is 0 Å². The van der Waals surface area contributed by atoms with Gasteiger partial charge < -0.3 is 15.4 Å². The molecule has 1 aliphatic heterocycles. The van der Waals surface area contributed by atoms with E-state index in [9.17, 15) is 4.79 Å². The van der Waals surface area contributed by atoms with E-state index >= 15 is 0 Å². The number of nitrogens with one attached hydrogen (secondary N) is 2. The quantitative estimate of drug-likeness (QED) is 0.887. The molecule has 0 bridgehead atoms. The van der Waals surface area contributed by atoms with Gasteiger partial charge in [-0.1, -0.05) is 27.5 Å². The summed E-state index contributed by atoms with van der Waals surface area (Å²) in [5, 5.41) is 6.67. The molecule has 98 valence electrons. The Morgan fingerprint density at radius 2 is 2.39 bits per heavy atom. The van der Waals surface area contributed by atoms with Gasteiger partial charge in [-0.15, -0.1) is 0 Å². The van der Waals surface area contributed by atoms with Crippen molar-refractivity contribution in [3.63, 3.8) is 0 Å². The second-order valence-electron chi connectivity index (χ2n) is 4.09. The third-order valence-corrected chi connectivity index (χ3v) is 3.31. The highest BCUT2D eigenvalue weighted by Crippen LogP contribution is 2.19. The molecule has 1 aliphatic rings. The highest BCUT2D eigenvalue weighted by molar-refractivity contribution is 9.10. The lowest BCUT2D eigenvalue weighted by Crippen LogP contribution is -2.48. The summed E-state index contributed by atoms with van der Waals surface area (Å²) >= 11 is 9.21. The Labute approximate surface area is 119 Å². The van der Waals surface area contributed by atoms with Gasteiger partial charge in [-0.3, -0.25) is 4.79 Å². The molecule has 2 rings (SSSR count). The first-order valence-corrected chi connectivity index (χ1v) is 6.87. The fourth-order valence-electron chi connectivity index (χ4n) is 1.75. The Bertz CT molecular complexity index is 416. The lowest BCUT2D eigenvalue weighted by atomic mass is 10.2. The van der Waals surface area contributed by atoms with E-state index in [0.717, 1.165) is 17.6 Å². The van der Waals surface area contributed by atoms with Crippen molar-refractivity contribution in [3.05, 3.63) is 33.3 Å². The molecular weight excluding hydrogens is 320 g/mol. The maximum absolute atomic E-state index is 11.9. The maximum atomic E-state index is 11.9. The van der Waals surface area contributed by atoms with Crippen LogP contribution in [0.2, 0.25) is 5.02 Å². The summed E-state index contributed by atoms with van der Waals surface area (Å²) in [6.45, 7) is 2.72. The van der Waals surface area contributed by atoms with Gasteiger partial charge in [0, 0.05) is 34.2 Å². The summed E-state index contributed by atoms with van der Waals surface area (Å²) in [7, 11) is 0. The number of morpholine rings is 1. The molecule has 2 N–H and O–H groups in total. The molecule has 0 radical (unpaired) electrons. The van der Waals surface area contributed by atoms with Gasteiger partial charge in [-0.05, 0) is 18.2 Å². The number of hydrogen-bond donors (Lipinski definition) is 2. The van der Waals surface area contributed by atoms with Crippen LogP contribution in [0.3, 0.4) is 0 Å². The predicted octanol–water partition coefficient (Wildman–Crippen LogP) is 1.82. The molecule has 0 spiro atoms. The van der Waals surface area contributed by atoms with Crippen molar-refractivity contribution in [2.24, 2.45) is 0 Å². The number of amides is 1. The van der Waals surface area contributed by atoms with E-state index in [1.54, 1.807) is 18.2 Å².